The molecule has 0 fully saturated rings. The van der Waals surface area contributed by atoms with E-state index in [-0.39, 0.29) is 10.6 Å². The van der Waals surface area contributed by atoms with Crippen molar-refractivity contribution in [3.8, 4) is 0 Å². The van der Waals surface area contributed by atoms with Crippen molar-refractivity contribution in [3.63, 3.8) is 0 Å². The van der Waals surface area contributed by atoms with E-state index in [0.717, 1.165) is 11.6 Å². The first-order valence-electron chi connectivity index (χ1n) is 7.99. The van der Waals surface area contributed by atoms with Crippen molar-refractivity contribution >= 4 is 33.0 Å². The average molecular weight is 419 g/mol. The van der Waals surface area contributed by atoms with Gasteiger partial charge in [-0.1, -0.05) is 29.8 Å². The second-order valence-electron chi connectivity index (χ2n) is 5.90. The molecule has 0 radical (unpaired) electrons. The Morgan fingerprint density at radius 1 is 1.11 bits per heavy atom. The number of rotatable bonds is 6. The summed E-state index contributed by atoms with van der Waals surface area (Å²) in [5.41, 5.74) is 1.16. The highest BCUT2D eigenvalue weighted by molar-refractivity contribution is 7.89. The first-order chi connectivity index (χ1) is 13.2. The number of pyridine rings is 1. The molecule has 1 heterocycles. The van der Waals surface area contributed by atoms with E-state index >= 15 is 0 Å². The highest BCUT2D eigenvalue weighted by Gasteiger charge is 2.20. The molecule has 8 nitrogen and oxygen atoms in total. The third-order valence-corrected chi connectivity index (χ3v) is 5.04. The number of nitro groups is 1. The van der Waals surface area contributed by atoms with E-state index in [4.69, 9.17) is 16.7 Å². The Balaban J connectivity index is 2.11. The van der Waals surface area contributed by atoms with Crippen molar-refractivity contribution in [1.82, 2.24) is 4.98 Å². The van der Waals surface area contributed by atoms with Gasteiger partial charge in [-0.15, -0.1) is 0 Å². The summed E-state index contributed by atoms with van der Waals surface area (Å²) in [6.07, 6.45) is 1.61. The zero-order valence-electron chi connectivity index (χ0n) is 14.3. The van der Waals surface area contributed by atoms with Crippen LogP contribution in [-0.4, -0.2) is 18.3 Å². The number of anilines is 1. The van der Waals surface area contributed by atoms with Gasteiger partial charge in [0.15, 0.2) is 0 Å². The van der Waals surface area contributed by atoms with Gasteiger partial charge in [0.1, 0.15) is 0 Å². The number of nitrogens with one attached hydrogen (secondary N) is 1. The van der Waals surface area contributed by atoms with Crippen LogP contribution in [0.3, 0.4) is 0 Å². The van der Waals surface area contributed by atoms with Crippen LogP contribution >= 0.6 is 11.6 Å². The van der Waals surface area contributed by atoms with Crippen LogP contribution in [0, 0.1) is 10.1 Å². The first kappa shape index (κ1) is 19.7. The van der Waals surface area contributed by atoms with Crippen molar-refractivity contribution in [2.75, 3.05) is 5.32 Å². The smallest absolute Gasteiger partial charge is 0.272 e. The quantitative estimate of drug-likeness (QED) is 0.465. The molecular weight excluding hydrogens is 404 g/mol. The summed E-state index contributed by atoms with van der Waals surface area (Å²) in [4.78, 5) is 14.5. The van der Waals surface area contributed by atoms with Crippen molar-refractivity contribution < 1.29 is 13.3 Å². The van der Waals surface area contributed by atoms with E-state index in [2.05, 4.69) is 10.3 Å². The number of aromatic nitrogens is 1. The van der Waals surface area contributed by atoms with Gasteiger partial charge >= 0.3 is 0 Å². The lowest BCUT2D eigenvalue weighted by Gasteiger charge is -2.20. The molecule has 3 aromatic rings. The Labute approximate surface area is 166 Å². The van der Waals surface area contributed by atoms with Gasteiger partial charge in [0.2, 0.25) is 10.0 Å². The van der Waals surface area contributed by atoms with Crippen molar-refractivity contribution in [3.05, 3.63) is 93.3 Å². The molecule has 0 spiro atoms. The monoisotopic (exact) mass is 418 g/mol. The van der Waals surface area contributed by atoms with Crippen molar-refractivity contribution in [2.45, 2.75) is 10.9 Å². The van der Waals surface area contributed by atoms with Crippen LogP contribution < -0.4 is 10.5 Å². The molecule has 2 aromatic carbocycles. The van der Waals surface area contributed by atoms with Crippen molar-refractivity contribution in [1.29, 1.82) is 0 Å². The Kier molecular flexibility index (Phi) is 5.59. The number of nitrogens with two attached hydrogens (primary N) is 1. The molecule has 1 atom stereocenters. The molecule has 1 unspecified atom stereocenters. The van der Waals surface area contributed by atoms with Crippen LogP contribution in [0.5, 0.6) is 0 Å². The van der Waals surface area contributed by atoms with Crippen molar-refractivity contribution in [2.24, 2.45) is 5.14 Å². The van der Waals surface area contributed by atoms with E-state index in [1.807, 2.05) is 6.07 Å². The highest BCUT2D eigenvalue weighted by atomic mass is 35.5. The van der Waals surface area contributed by atoms with Gasteiger partial charge in [0, 0.05) is 29.0 Å². The van der Waals surface area contributed by atoms with E-state index < -0.39 is 26.7 Å². The van der Waals surface area contributed by atoms with Gasteiger partial charge in [0.05, 0.1) is 21.6 Å². The Morgan fingerprint density at radius 3 is 2.50 bits per heavy atom. The fraction of sp³-hybridized carbons (Fsp3) is 0.0556. The van der Waals surface area contributed by atoms with Gasteiger partial charge in [-0.05, 0) is 35.9 Å². The van der Waals surface area contributed by atoms with Gasteiger partial charge in [-0.25, -0.2) is 13.6 Å². The van der Waals surface area contributed by atoms with E-state index in [1.165, 1.54) is 12.1 Å². The number of hydrogen-bond donors (Lipinski definition) is 2. The Bertz CT molecular complexity index is 1120. The lowest BCUT2D eigenvalue weighted by atomic mass is 10.0. The van der Waals surface area contributed by atoms with Gasteiger partial charge in [-0.2, -0.15) is 0 Å². The first-order valence-corrected chi connectivity index (χ1v) is 9.92. The normalized spacial score (nSPS) is 12.4. The number of hydrogen-bond acceptors (Lipinski definition) is 6. The highest BCUT2D eigenvalue weighted by Crippen LogP contribution is 2.30. The molecule has 0 bridgehead atoms. The molecule has 10 heteroatoms. The zero-order valence-corrected chi connectivity index (χ0v) is 15.9. The predicted octanol–water partition coefficient (Wildman–Crippen LogP) is 3.49. The van der Waals surface area contributed by atoms with Crippen LogP contribution in [0.25, 0.3) is 0 Å². The molecule has 0 aliphatic rings. The third kappa shape index (κ3) is 4.63. The number of primary sulfonamides is 1. The van der Waals surface area contributed by atoms with E-state index in [9.17, 15) is 18.5 Å². The van der Waals surface area contributed by atoms with E-state index in [1.54, 1.807) is 42.6 Å². The van der Waals surface area contributed by atoms with Gasteiger partial charge < -0.3 is 5.32 Å². The summed E-state index contributed by atoms with van der Waals surface area (Å²) in [6.45, 7) is 0. The van der Waals surface area contributed by atoms with Crippen LogP contribution in [0.4, 0.5) is 11.4 Å². The van der Waals surface area contributed by atoms with Crippen LogP contribution in [0.2, 0.25) is 5.02 Å². The zero-order chi connectivity index (χ0) is 20.3. The molecule has 0 saturated carbocycles. The second-order valence-corrected chi connectivity index (χ2v) is 7.90. The van der Waals surface area contributed by atoms with Gasteiger partial charge in [-0.3, -0.25) is 15.1 Å². The average Bonchev–Trinajstić information content (AvgIpc) is 2.66. The molecule has 28 heavy (non-hydrogen) atoms. The summed E-state index contributed by atoms with van der Waals surface area (Å²) < 4.78 is 23.5. The molecule has 0 saturated heterocycles. The minimum atomic E-state index is -4.13. The minimum Gasteiger partial charge on any atom is -0.373 e. The standard InChI is InChI=1S/C18H15ClN4O4S/c19-13-5-3-4-12(8-13)18(17-6-1-2-7-21-17)22-14-9-15(23(24)25)11-16(10-14)28(20,26)27/h1-11,18,22H,(H2,20,26,27). The molecule has 0 aliphatic carbocycles. The fourth-order valence-corrected chi connectivity index (χ4v) is 3.44. The molecule has 3 rings (SSSR count). The van der Waals surface area contributed by atoms with Crippen LogP contribution in [0.15, 0.2) is 71.8 Å². The lowest BCUT2D eigenvalue weighted by molar-refractivity contribution is -0.385. The lowest BCUT2D eigenvalue weighted by Crippen LogP contribution is -2.16. The third-order valence-electron chi connectivity index (χ3n) is 3.91. The fourth-order valence-electron chi connectivity index (χ4n) is 2.66. The van der Waals surface area contributed by atoms with Crippen LogP contribution in [0.1, 0.15) is 17.3 Å². The summed E-state index contributed by atoms with van der Waals surface area (Å²) in [5.74, 6) is 0. The number of nitrogens with zero attached hydrogens (tertiary/aromatic N) is 2. The Morgan fingerprint density at radius 2 is 1.89 bits per heavy atom. The minimum absolute atomic E-state index is 0.203. The summed E-state index contributed by atoms with van der Waals surface area (Å²) >= 11 is 6.10. The topological polar surface area (TPSA) is 128 Å². The summed E-state index contributed by atoms with van der Waals surface area (Å²) in [6, 6.07) is 15.2. The summed E-state index contributed by atoms with van der Waals surface area (Å²) in [5, 5.41) is 20.0. The maximum Gasteiger partial charge on any atom is 0.272 e. The number of non-ortho nitro benzene ring substituents is 1. The molecule has 1 aromatic heterocycles. The number of benzene rings is 2. The molecular formula is C18H15ClN4O4S. The number of sulfonamides is 1. The van der Waals surface area contributed by atoms with Gasteiger partial charge in [0.25, 0.3) is 5.69 Å². The maximum absolute atomic E-state index is 11.7. The number of halogens is 1. The Hall–Kier alpha value is -3.01. The van der Waals surface area contributed by atoms with Crippen LogP contribution in [-0.2, 0) is 10.0 Å². The predicted molar refractivity (Wildman–Crippen MR) is 106 cm³/mol. The van der Waals surface area contributed by atoms with E-state index in [0.29, 0.717) is 10.7 Å². The second kappa shape index (κ2) is 7.93. The SMILES string of the molecule is NS(=O)(=O)c1cc(NC(c2cccc(Cl)c2)c2ccccn2)cc([N+](=O)[O-])c1. The summed E-state index contributed by atoms with van der Waals surface area (Å²) in [7, 11) is -4.13. The molecule has 0 amide bonds. The molecule has 144 valence electrons. The largest absolute Gasteiger partial charge is 0.373 e. The molecule has 0 aliphatic heterocycles. The molecule has 3 N–H and O–H groups in total. The maximum atomic E-state index is 11.7. The number of nitro benzene ring substituents is 1.